The molecule has 0 aliphatic carbocycles. The molecule has 6 heteroatoms. The summed E-state index contributed by atoms with van der Waals surface area (Å²) in [5.74, 6) is 0.145. The molecule has 2 heterocycles. The molecule has 105 valence electrons. The summed E-state index contributed by atoms with van der Waals surface area (Å²) in [5, 5.41) is 8.78. The lowest BCUT2D eigenvalue weighted by atomic mass is 10.1. The normalized spacial score (nSPS) is 16.5. The first-order valence-corrected chi connectivity index (χ1v) is 6.87. The Morgan fingerprint density at radius 1 is 1.25 bits per heavy atom. The maximum atomic E-state index is 13.3. The van der Waals surface area contributed by atoms with Crippen molar-refractivity contribution in [3.63, 3.8) is 0 Å². The van der Waals surface area contributed by atoms with E-state index < -0.39 is 0 Å². The molecule has 2 aromatic rings. The van der Waals surface area contributed by atoms with E-state index in [0.717, 1.165) is 31.9 Å². The zero-order valence-electron chi connectivity index (χ0n) is 10.9. The maximum Gasteiger partial charge on any atom is 0.168 e. The van der Waals surface area contributed by atoms with Crippen LogP contribution in [0.25, 0.3) is 11.3 Å². The van der Waals surface area contributed by atoms with Crippen molar-refractivity contribution in [1.29, 1.82) is 0 Å². The predicted octanol–water partition coefficient (Wildman–Crippen LogP) is 2.55. The lowest BCUT2D eigenvalue weighted by Crippen LogP contribution is -2.39. The summed E-state index contributed by atoms with van der Waals surface area (Å²) in [6.07, 6.45) is 0. The molecule has 4 nitrogen and oxygen atoms in total. The van der Waals surface area contributed by atoms with Crippen molar-refractivity contribution in [3.05, 3.63) is 40.8 Å². The molecule has 1 saturated heterocycles. The monoisotopic (exact) mass is 294 g/mol. The van der Waals surface area contributed by atoms with Gasteiger partial charge >= 0.3 is 0 Å². The highest BCUT2D eigenvalue weighted by molar-refractivity contribution is 6.33. The first kappa shape index (κ1) is 13.5. The standard InChI is InChI=1S/C14H14ClFN3O/c15-13-2-1-10(16)7-12(13)14-8-11(18-20-14)9-19-5-3-17-4-6-19/h1-2,7-8H,3-6,9H2. The molecule has 1 fully saturated rings. The van der Waals surface area contributed by atoms with Gasteiger partial charge in [0.1, 0.15) is 5.82 Å². The SMILES string of the molecule is Fc1ccc(Cl)c(-c2cc(CN3CC[N]CC3)no2)c1. The fourth-order valence-corrected chi connectivity index (χ4v) is 2.45. The number of hydrogen-bond donors (Lipinski definition) is 0. The van der Waals surface area contributed by atoms with Gasteiger partial charge in [0.05, 0.1) is 10.7 Å². The third-order valence-electron chi connectivity index (χ3n) is 3.29. The molecule has 1 aliphatic rings. The van der Waals surface area contributed by atoms with Crippen LogP contribution in [0, 0.1) is 5.82 Å². The van der Waals surface area contributed by atoms with Crippen molar-refractivity contribution in [1.82, 2.24) is 15.4 Å². The molecular formula is C14H14ClFN3O. The van der Waals surface area contributed by atoms with Gasteiger partial charge in [-0.1, -0.05) is 16.8 Å². The second-order valence-electron chi connectivity index (χ2n) is 4.75. The van der Waals surface area contributed by atoms with Crippen LogP contribution < -0.4 is 5.32 Å². The van der Waals surface area contributed by atoms with E-state index in [1.807, 2.05) is 6.07 Å². The van der Waals surface area contributed by atoms with Crippen LogP contribution in [0.5, 0.6) is 0 Å². The van der Waals surface area contributed by atoms with Crippen molar-refractivity contribution in [2.45, 2.75) is 6.54 Å². The molecule has 0 N–H and O–H groups in total. The zero-order valence-corrected chi connectivity index (χ0v) is 11.6. The van der Waals surface area contributed by atoms with Gasteiger partial charge < -0.3 is 4.52 Å². The van der Waals surface area contributed by atoms with Crippen molar-refractivity contribution >= 4 is 11.6 Å². The van der Waals surface area contributed by atoms with Crippen molar-refractivity contribution < 1.29 is 8.91 Å². The van der Waals surface area contributed by atoms with Crippen LogP contribution in [0.4, 0.5) is 4.39 Å². The summed E-state index contributed by atoms with van der Waals surface area (Å²) in [6, 6.07) is 6.00. The number of benzene rings is 1. The van der Waals surface area contributed by atoms with Gasteiger partial charge in [-0.3, -0.25) is 4.90 Å². The molecule has 0 saturated carbocycles. The largest absolute Gasteiger partial charge is 0.356 e. The van der Waals surface area contributed by atoms with E-state index in [-0.39, 0.29) is 5.82 Å². The summed E-state index contributed by atoms with van der Waals surface area (Å²) in [5.41, 5.74) is 1.35. The second-order valence-corrected chi connectivity index (χ2v) is 5.16. The Labute approximate surface area is 121 Å². The van der Waals surface area contributed by atoms with E-state index in [2.05, 4.69) is 15.4 Å². The number of rotatable bonds is 3. The van der Waals surface area contributed by atoms with Gasteiger partial charge in [0, 0.05) is 44.4 Å². The number of halogens is 2. The third-order valence-corrected chi connectivity index (χ3v) is 3.62. The number of piperazine rings is 1. The molecule has 0 spiro atoms. The Hall–Kier alpha value is -1.43. The first-order valence-electron chi connectivity index (χ1n) is 6.49. The fourth-order valence-electron chi connectivity index (χ4n) is 2.23. The van der Waals surface area contributed by atoms with Gasteiger partial charge in [-0.2, -0.15) is 0 Å². The lowest BCUT2D eigenvalue weighted by molar-refractivity contribution is 0.224. The van der Waals surface area contributed by atoms with E-state index in [1.54, 1.807) is 0 Å². The van der Waals surface area contributed by atoms with E-state index in [9.17, 15) is 4.39 Å². The molecule has 0 amide bonds. The minimum absolute atomic E-state index is 0.347. The molecule has 0 bridgehead atoms. The molecule has 1 radical (unpaired) electrons. The van der Waals surface area contributed by atoms with Gasteiger partial charge in [0.25, 0.3) is 0 Å². The van der Waals surface area contributed by atoms with Gasteiger partial charge in [-0.25, -0.2) is 9.71 Å². The van der Waals surface area contributed by atoms with Gasteiger partial charge in [-0.15, -0.1) is 0 Å². The average molecular weight is 295 g/mol. The number of hydrogen-bond acceptors (Lipinski definition) is 3. The first-order chi connectivity index (χ1) is 9.72. The average Bonchev–Trinajstić information content (AvgIpc) is 2.91. The Morgan fingerprint density at radius 3 is 2.85 bits per heavy atom. The summed E-state index contributed by atoms with van der Waals surface area (Å²) in [6.45, 7) is 4.30. The topological polar surface area (TPSA) is 43.4 Å². The highest BCUT2D eigenvalue weighted by Crippen LogP contribution is 2.29. The zero-order chi connectivity index (χ0) is 13.9. The van der Waals surface area contributed by atoms with Crippen molar-refractivity contribution in [3.8, 4) is 11.3 Å². The molecule has 3 rings (SSSR count). The molecule has 0 atom stereocenters. The molecule has 1 aromatic carbocycles. The van der Waals surface area contributed by atoms with E-state index in [1.165, 1.54) is 18.2 Å². The lowest BCUT2D eigenvalue weighted by Gasteiger charge is -2.24. The fraction of sp³-hybridized carbons (Fsp3) is 0.357. The highest BCUT2D eigenvalue weighted by atomic mass is 35.5. The smallest absolute Gasteiger partial charge is 0.168 e. The van der Waals surface area contributed by atoms with Crippen molar-refractivity contribution in [2.75, 3.05) is 26.2 Å². The summed E-state index contributed by atoms with van der Waals surface area (Å²) >= 11 is 6.05. The number of aromatic nitrogens is 1. The predicted molar refractivity (Wildman–Crippen MR) is 74.1 cm³/mol. The Morgan fingerprint density at radius 2 is 2.05 bits per heavy atom. The second kappa shape index (κ2) is 5.91. The van der Waals surface area contributed by atoms with Gasteiger partial charge in [-0.05, 0) is 18.2 Å². The van der Waals surface area contributed by atoms with Crippen LogP contribution in [0.3, 0.4) is 0 Å². The van der Waals surface area contributed by atoms with Crippen molar-refractivity contribution in [2.24, 2.45) is 0 Å². The summed E-state index contributed by atoms with van der Waals surface area (Å²) < 4.78 is 18.5. The van der Waals surface area contributed by atoms with E-state index in [0.29, 0.717) is 22.9 Å². The minimum atomic E-state index is -0.347. The number of nitrogens with zero attached hydrogens (tertiary/aromatic N) is 3. The van der Waals surface area contributed by atoms with Crippen LogP contribution in [0.1, 0.15) is 5.69 Å². The van der Waals surface area contributed by atoms with Gasteiger partial charge in [0.2, 0.25) is 0 Å². The quantitative estimate of drug-likeness (QED) is 0.874. The van der Waals surface area contributed by atoms with Crippen LogP contribution in [-0.4, -0.2) is 36.2 Å². The minimum Gasteiger partial charge on any atom is -0.356 e. The molecule has 0 unspecified atom stereocenters. The maximum absolute atomic E-state index is 13.3. The Balaban J connectivity index is 1.77. The molecule has 1 aliphatic heterocycles. The van der Waals surface area contributed by atoms with E-state index >= 15 is 0 Å². The van der Waals surface area contributed by atoms with Crippen LogP contribution in [-0.2, 0) is 6.54 Å². The summed E-state index contributed by atoms with van der Waals surface area (Å²) in [4.78, 5) is 2.27. The summed E-state index contributed by atoms with van der Waals surface area (Å²) in [7, 11) is 0. The third kappa shape index (κ3) is 3.00. The van der Waals surface area contributed by atoms with Gasteiger partial charge in [0.15, 0.2) is 5.76 Å². The molecule has 20 heavy (non-hydrogen) atoms. The van der Waals surface area contributed by atoms with Crippen LogP contribution in [0.2, 0.25) is 5.02 Å². The molecular weight excluding hydrogens is 281 g/mol. The van der Waals surface area contributed by atoms with Crippen LogP contribution >= 0.6 is 11.6 Å². The van der Waals surface area contributed by atoms with E-state index in [4.69, 9.17) is 16.1 Å². The highest BCUT2D eigenvalue weighted by Gasteiger charge is 2.15. The van der Waals surface area contributed by atoms with Crippen LogP contribution in [0.15, 0.2) is 28.8 Å². The molecule has 1 aromatic heterocycles. The Bertz CT molecular complexity index is 596. The Kier molecular flexibility index (Phi) is 4.00.